The molecule has 2 rings (SSSR count). The highest BCUT2D eigenvalue weighted by Crippen LogP contribution is 2.17. The van der Waals surface area contributed by atoms with Crippen molar-refractivity contribution in [2.24, 2.45) is 0 Å². The average Bonchev–Trinajstić information content (AvgIpc) is 2.73. The molecule has 2 aromatic carbocycles. The van der Waals surface area contributed by atoms with E-state index in [0.29, 0.717) is 11.1 Å². The van der Waals surface area contributed by atoms with Gasteiger partial charge in [0.05, 0.1) is 0 Å². The molecule has 0 radical (unpaired) electrons. The Kier molecular flexibility index (Phi) is 9.11. The van der Waals surface area contributed by atoms with Crippen molar-refractivity contribution >= 4 is 30.0 Å². The highest BCUT2D eigenvalue weighted by molar-refractivity contribution is 6.09. The number of benzene rings is 2. The number of carbonyl (C=O) groups is 5. The molecule has 1 amide bonds. The molecule has 11 nitrogen and oxygen atoms in total. The minimum Gasteiger partial charge on any atom is -0.477 e. The van der Waals surface area contributed by atoms with Crippen molar-refractivity contribution in [1.29, 1.82) is 0 Å². The van der Waals surface area contributed by atoms with E-state index in [1.54, 1.807) is 30.3 Å². The number of hydrogen-bond acceptors (Lipinski definition) is 7. The number of aliphatic carboxylic acids is 1. The van der Waals surface area contributed by atoms with Crippen LogP contribution in [0.15, 0.2) is 67.3 Å². The molecule has 0 aliphatic rings. The Bertz CT molecular complexity index is 997. The van der Waals surface area contributed by atoms with Crippen LogP contribution in [0.25, 0.3) is 0 Å². The van der Waals surface area contributed by atoms with E-state index in [1.807, 2.05) is 5.32 Å². The molecule has 2 aromatic rings. The van der Waals surface area contributed by atoms with Gasteiger partial charge in [0.1, 0.15) is 5.75 Å². The summed E-state index contributed by atoms with van der Waals surface area (Å²) in [6.07, 6.45) is -2.35. The molecule has 0 saturated heterocycles. The number of nitrogens with one attached hydrogen (secondary N) is 1. The number of carbonyl (C=O) groups excluding carboxylic acids is 3. The van der Waals surface area contributed by atoms with Crippen molar-refractivity contribution in [1.82, 2.24) is 5.32 Å². The second-order valence-electron chi connectivity index (χ2n) is 5.99. The van der Waals surface area contributed by atoms with Crippen LogP contribution < -0.4 is 10.1 Å². The van der Waals surface area contributed by atoms with Crippen molar-refractivity contribution in [2.75, 3.05) is 0 Å². The molecular weight excluding hydrogens is 426 g/mol. The normalized spacial score (nSPS) is 11.4. The lowest BCUT2D eigenvalue weighted by Gasteiger charge is -2.24. The Labute approximate surface area is 181 Å². The Hall–Kier alpha value is -4.67. The molecule has 0 heterocycles. The van der Waals surface area contributed by atoms with Crippen molar-refractivity contribution in [2.45, 2.75) is 12.6 Å². The molecule has 1 unspecified atom stereocenters. The van der Waals surface area contributed by atoms with Crippen LogP contribution in [0.3, 0.4) is 0 Å². The summed E-state index contributed by atoms with van der Waals surface area (Å²) >= 11 is 0. The van der Waals surface area contributed by atoms with Crippen LogP contribution in [-0.4, -0.2) is 51.0 Å². The standard InChI is InChI=1S/C20H17NO7.CH2O3/c1-3-16(22)21-20(2,18(24)25)28-19(26)27-15-11-9-14(10-12-15)17(23)13-7-5-4-6-8-13;2-1(3)4/h3-12H,1H2,2H3,(H,21,22)(H,24,25);(H2,2,3,4). The predicted octanol–water partition coefficient (Wildman–Crippen LogP) is 2.76. The summed E-state index contributed by atoms with van der Waals surface area (Å²) < 4.78 is 9.62. The topological polar surface area (TPSA) is 177 Å². The van der Waals surface area contributed by atoms with Crippen LogP contribution in [0.4, 0.5) is 9.59 Å². The maximum absolute atomic E-state index is 12.3. The maximum atomic E-state index is 12.3. The molecule has 0 aliphatic heterocycles. The number of carboxylic acid groups (broad SMARTS) is 3. The highest BCUT2D eigenvalue weighted by atomic mass is 16.7. The smallest absolute Gasteiger partial charge is 0.477 e. The van der Waals surface area contributed by atoms with E-state index in [9.17, 15) is 24.3 Å². The van der Waals surface area contributed by atoms with E-state index in [0.717, 1.165) is 13.0 Å². The zero-order chi connectivity index (χ0) is 24.3. The third-order valence-corrected chi connectivity index (χ3v) is 3.60. The van der Waals surface area contributed by atoms with Crippen molar-refractivity contribution < 1.29 is 48.8 Å². The third kappa shape index (κ3) is 7.99. The first-order valence-electron chi connectivity index (χ1n) is 8.69. The second kappa shape index (κ2) is 11.5. The highest BCUT2D eigenvalue weighted by Gasteiger charge is 2.39. The Morgan fingerprint density at radius 1 is 0.906 bits per heavy atom. The van der Waals surface area contributed by atoms with Crippen LogP contribution in [0.1, 0.15) is 22.8 Å². The van der Waals surface area contributed by atoms with E-state index in [1.165, 1.54) is 24.3 Å². The van der Waals surface area contributed by atoms with Gasteiger partial charge in [-0.3, -0.25) is 9.59 Å². The average molecular weight is 445 g/mol. The minimum absolute atomic E-state index is 0.0254. The lowest BCUT2D eigenvalue weighted by atomic mass is 10.0. The van der Waals surface area contributed by atoms with Crippen LogP contribution in [-0.2, 0) is 14.3 Å². The monoisotopic (exact) mass is 445 g/mol. The predicted molar refractivity (Wildman–Crippen MR) is 108 cm³/mol. The number of ether oxygens (including phenoxy) is 2. The molecule has 0 spiro atoms. The van der Waals surface area contributed by atoms with E-state index in [2.05, 4.69) is 6.58 Å². The quantitative estimate of drug-likeness (QED) is 0.163. The lowest BCUT2D eigenvalue weighted by molar-refractivity contribution is -0.164. The number of hydrogen-bond donors (Lipinski definition) is 4. The van der Waals surface area contributed by atoms with E-state index >= 15 is 0 Å². The molecule has 1 atom stereocenters. The van der Waals surface area contributed by atoms with Gasteiger partial charge in [-0.1, -0.05) is 36.9 Å². The first kappa shape index (κ1) is 25.4. The Morgan fingerprint density at radius 3 is 1.88 bits per heavy atom. The molecule has 0 bridgehead atoms. The zero-order valence-corrected chi connectivity index (χ0v) is 16.7. The van der Waals surface area contributed by atoms with Crippen LogP contribution in [0, 0.1) is 0 Å². The molecule has 32 heavy (non-hydrogen) atoms. The van der Waals surface area contributed by atoms with Gasteiger partial charge in [0, 0.05) is 18.1 Å². The van der Waals surface area contributed by atoms with Gasteiger partial charge in [-0.2, -0.15) is 0 Å². The number of ketones is 1. The molecule has 0 saturated carbocycles. The van der Waals surface area contributed by atoms with Gasteiger partial charge in [-0.15, -0.1) is 0 Å². The fourth-order valence-electron chi connectivity index (χ4n) is 2.12. The van der Waals surface area contributed by atoms with Crippen LogP contribution in [0.2, 0.25) is 0 Å². The molecule has 0 aliphatic carbocycles. The van der Waals surface area contributed by atoms with Crippen LogP contribution in [0.5, 0.6) is 5.75 Å². The van der Waals surface area contributed by atoms with E-state index < -0.39 is 29.9 Å². The number of amides is 1. The third-order valence-electron chi connectivity index (χ3n) is 3.60. The summed E-state index contributed by atoms with van der Waals surface area (Å²) in [7, 11) is 0. The van der Waals surface area contributed by atoms with Gasteiger partial charge in [0.15, 0.2) is 5.78 Å². The number of carboxylic acids is 1. The molecule has 168 valence electrons. The molecule has 4 N–H and O–H groups in total. The lowest BCUT2D eigenvalue weighted by Crippen LogP contribution is -2.55. The molecular formula is C21H19NO10. The van der Waals surface area contributed by atoms with Gasteiger partial charge >= 0.3 is 18.3 Å². The molecule has 11 heteroatoms. The summed E-state index contributed by atoms with van der Waals surface area (Å²) in [5.41, 5.74) is -1.46. The SMILES string of the molecule is C=CC(=O)NC(C)(OC(=O)Oc1ccc(C(=O)c2ccccc2)cc1)C(=O)O.O=C(O)O. The van der Waals surface area contributed by atoms with Gasteiger partial charge in [-0.05, 0) is 30.3 Å². The number of rotatable bonds is 7. The van der Waals surface area contributed by atoms with Gasteiger partial charge in [0.25, 0.3) is 5.72 Å². The Balaban J connectivity index is 0.00000118. The first-order chi connectivity index (χ1) is 15.0. The van der Waals surface area contributed by atoms with Gasteiger partial charge in [0.2, 0.25) is 5.91 Å². The summed E-state index contributed by atoms with van der Waals surface area (Å²) in [6, 6.07) is 14.2. The van der Waals surface area contributed by atoms with E-state index in [-0.39, 0.29) is 11.5 Å². The van der Waals surface area contributed by atoms with Crippen LogP contribution >= 0.6 is 0 Å². The van der Waals surface area contributed by atoms with Gasteiger partial charge < -0.3 is 30.1 Å². The van der Waals surface area contributed by atoms with Gasteiger partial charge in [-0.25, -0.2) is 14.4 Å². The summed E-state index contributed by atoms with van der Waals surface area (Å²) in [4.78, 5) is 55.4. The van der Waals surface area contributed by atoms with Crippen molar-refractivity contribution in [3.63, 3.8) is 0 Å². The molecule has 0 fully saturated rings. The van der Waals surface area contributed by atoms with Crippen molar-refractivity contribution in [3.05, 3.63) is 78.4 Å². The summed E-state index contributed by atoms with van der Waals surface area (Å²) in [5.74, 6) is -2.64. The zero-order valence-electron chi connectivity index (χ0n) is 16.7. The summed E-state index contributed by atoms with van der Waals surface area (Å²) in [6.45, 7) is 4.16. The second-order valence-corrected chi connectivity index (χ2v) is 5.99. The maximum Gasteiger partial charge on any atom is 0.516 e. The molecule has 0 aromatic heterocycles. The Morgan fingerprint density at radius 2 is 1.41 bits per heavy atom. The largest absolute Gasteiger partial charge is 0.516 e. The fourth-order valence-corrected chi connectivity index (χ4v) is 2.12. The first-order valence-corrected chi connectivity index (χ1v) is 8.69. The summed E-state index contributed by atoms with van der Waals surface area (Å²) in [5, 5.41) is 25.1. The van der Waals surface area contributed by atoms with Crippen molar-refractivity contribution in [3.8, 4) is 5.75 Å². The van der Waals surface area contributed by atoms with E-state index in [4.69, 9.17) is 24.5 Å². The minimum atomic E-state index is -2.34. The fraction of sp³-hybridized carbons (Fsp3) is 0.0952.